The van der Waals surface area contributed by atoms with Crippen LogP contribution >= 0.6 is 11.8 Å². The van der Waals surface area contributed by atoms with Crippen molar-refractivity contribution in [3.05, 3.63) is 95.2 Å². The molecule has 0 spiro atoms. The lowest BCUT2D eigenvalue weighted by Crippen LogP contribution is -2.38. The zero-order valence-corrected chi connectivity index (χ0v) is 20.2. The summed E-state index contributed by atoms with van der Waals surface area (Å²) >= 11 is 1.68. The number of benzene rings is 2. The van der Waals surface area contributed by atoms with Gasteiger partial charge >= 0.3 is 0 Å². The van der Waals surface area contributed by atoms with Gasteiger partial charge in [0.05, 0.1) is 23.8 Å². The number of carbonyl (C=O) groups is 1. The third-order valence-electron chi connectivity index (χ3n) is 5.95. The molecule has 4 unspecified atom stereocenters. The van der Waals surface area contributed by atoms with Gasteiger partial charge in [-0.3, -0.25) is 4.79 Å². The summed E-state index contributed by atoms with van der Waals surface area (Å²) in [4.78, 5) is 15.6. The highest BCUT2D eigenvalue weighted by molar-refractivity contribution is 7.99. The van der Waals surface area contributed by atoms with E-state index < -0.39 is 6.29 Å². The molecule has 0 radical (unpaired) electrons. The monoisotopic (exact) mass is 478 g/mol. The SMILES string of the molecule is CC(=O)NCc1ccc(C2OC(CSc3ccccn3)C(C)C(c3ccc(CO)cc3)O2)cc1. The Morgan fingerprint density at radius 2 is 1.71 bits per heavy atom. The molecule has 1 saturated heterocycles. The van der Waals surface area contributed by atoms with Gasteiger partial charge in [-0.15, -0.1) is 11.8 Å². The van der Waals surface area contributed by atoms with Crippen LogP contribution in [0.2, 0.25) is 0 Å². The molecule has 1 fully saturated rings. The summed E-state index contributed by atoms with van der Waals surface area (Å²) < 4.78 is 12.9. The van der Waals surface area contributed by atoms with Gasteiger partial charge in [0, 0.05) is 36.9 Å². The molecule has 3 aromatic rings. The zero-order chi connectivity index (χ0) is 23.9. The van der Waals surface area contributed by atoms with Crippen molar-refractivity contribution in [2.75, 3.05) is 5.75 Å². The van der Waals surface area contributed by atoms with Crippen LogP contribution in [0.1, 0.15) is 48.5 Å². The zero-order valence-electron chi connectivity index (χ0n) is 19.4. The quantitative estimate of drug-likeness (QED) is 0.453. The van der Waals surface area contributed by atoms with Gasteiger partial charge in [0.2, 0.25) is 5.91 Å². The molecule has 2 N–H and O–H groups in total. The number of thioether (sulfide) groups is 1. The predicted octanol–water partition coefficient (Wildman–Crippen LogP) is 4.79. The number of aliphatic hydroxyl groups excluding tert-OH is 1. The minimum Gasteiger partial charge on any atom is -0.392 e. The lowest BCUT2D eigenvalue weighted by molar-refractivity contribution is -0.268. The van der Waals surface area contributed by atoms with Crippen molar-refractivity contribution >= 4 is 17.7 Å². The molecule has 1 aliphatic heterocycles. The average molecular weight is 479 g/mol. The topological polar surface area (TPSA) is 80.7 Å². The fourth-order valence-corrected chi connectivity index (χ4v) is 4.96. The first kappa shape index (κ1) is 24.4. The van der Waals surface area contributed by atoms with Crippen LogP contribution in [-0.4, -0.2) is 27.9 Å². The summed E-state index contributed by atoms with van der Waals surface area (Å²) in [6.45, 7) is 4.17. The molecular formula is C27H30N2O4S. The molecular weight excluding hydrogens is 448 g/mol. The van der Waals surface area contributed by atoms with Crippen LogP contribution in [0.4, 0.5) is 0 Å². The Morgan fingerprint density at radius 1 is 1.00 bits per heavy atom. The molecule has 34 heavy (non-hydrogen) atoms. The number of aliphatic hydroxyl groups is 1. The fourth-order valence-electron chi connectivity index (χ4n) is 3.93. The fraction of sp³-hybridized carbons (Fsp3) is 0.333. The van der Waals surface area contributed by atoms with Crippen molar-refractivity contribution in [2.24, 2.45) is 5.92 Å². The number of pyridine rings is 1. The van der Waals surface area contributed by atoms with Crippen molar-refractivity contribution in [1.82, 2.24) is 10.3 Å². The number of ether oxygens (including phenoxy) is 2. The Kier molecular flexibility index (Phi) is 8.34. The molecule has 2 heterocycles. The van der Waals surface area contributed by atoms with Gasteiger partial charge in [0.25, 0.3) is 0 Å². The molecule has 0 saturated carbocycles. The minimum absolute atomic E-state index is 0.0151. The Labute approximate surface area is 204 Å². The molecule has 0 bridgehead atoms. The maximum atomic E-state index is 11.2. The summed E-state index contributed by atoms with van der Waals surface area (Å²) in [5, 5.41) is 13.2. The minimum atomic E-state index is -0.511. The largest absolute Gasteiger partial charge is 0.392 e. The van der Waals surface area contributed by atoms with E-state index in [1.165, 1.54) is 6.92 Å². The lowest BCUT2D eigenvalue weighted by Gasteiger charge is -2.41. The van der Waals surface area contributed by atoms with E-state index in [-0.39, 0.29) is 30.6 Å². The first-order chi connectivity index (χ1) is 16.5. The number of nitrogens with zero attached hydrogens (tertiary/aromatic N) is 1. The maximum Gasteiger partial charge on any atom is 0.217 e. The second-order valence-electron chi connectivity index (χ2n) is 8.45. The summed E-state index contributed by atoms with van der Waals surface area (Å²) in [6, 6.07) is 21.8. The molecule has 2 aromatic carbocycles. The Morgan fingerprint density at radius 3 is 2.35 bits per heavy atom. The van der Waals surface area contributed by atoms with E-state index in [0.717, 1.165) is 33.0 Å². The Bertz CT molecular complexity index is 1060. The highest BCUT2D eigenvalue weighted by Gasteiger charge is 2.38. The molecule has 7 heteroatoms. The number of aromatic nitrogens is 1. The van der Waals surface area contributed by atoms with Crippen LogP contribution in [0, 0.1) is 5.92 Å². The van der Waals surface area contributed by atoms with Gasteiger partial charge in [0.15, 0.2) is 6.29 Å². The highest BCUT2D eigenvalue weighted by atomic mass is 32.2. The van der Waals surface area contributed by atoms with E-state index in [1.54, 1.807) is 18.0 Å². The smallest absolute Gasteiger partial charge is 0.217 e. The van der Waals surface area contributed by atoms with Gasteiger partial charge in [-0.1, -0.05) is 61.5 Å². The standard InChI is InChI=1S/C27H30N2O4S/c1-18-24(17-34-25-5-3-4-14-28-25)32-27(23-12-6-20(7-13-23)15-29-19(2)31)33-26(18)22-10-8-21(16-30)9-11-22/h3-14,18,24,26-27,30H,15-17H2,1-2H3,(H,29,31). The number of carbonyl (C=O) groups excluding carboxylic acids is 1. The van der Waals surface area contributed by atoms with Crippen LogP contribution in [0.25, 0.3) is 0 Å². The maximum absolute atomic E-state index is 11.2. The van der Waals surface area contributed by atoms with Crippen molar-refractivity contribution in [3.63, 3.8) is 0 Å². The molecule has 178 valence electrons. The van der Waals surface area contributed by atoms with Gasteiger partial charge in [0.1, 0.15) is 0 Å². The normalized spacial score (nSPS) is 22.3. The van der Waals surface area contributed by atoms with E-state index in [4.69, 9.17) is 9.47 Å². The van der Waals surface area contributed by atoms with Crippen LogP contribution in [0.5, 0.6) is 0 Å². The molecule has 6 nitrogen and oxygen atoms in total. The first-order valence-electron chi connectivity index (χ1n) is 11.4. The van der Waals surface area contributed by atoms with Crippen molar-refractivity contribution in [3.8, 4) is 0 Å². The summed E-state index contributed by atoms with van der Waals surface area (Å²) in [5.74, 6) is 0.816. The molecule has 1 aromatic heterocycles. The summed E-state index contributed by atoms with van der Waals surface area (Å²) in [5.41, 5.74) is 3.88. The number of hydrogen-bond donors (Lipinski definition) is 2. The van der Waals surface area contributed by atoms with Gasteiger partial charge in [-0.2, -0.15) is 0 Å². The van der Waals surface area contributed by atoms with Crippen molar-refractivity contribution < 1.29 is 19.4 Å². The van der Waals surface area contributed by atoms with E-state index in [9.17, 15) is 9.90 Å². The van der Waals surface area contributed by atoms with Crippen molar-refractivity contribution in [1.29, 1.82) is 0 Å². The van der Waals surface area contributed by atoms with Crippen LogP contribution < -0.4 is 5.32 Å². The summed E-state index contributed by atoms with van der Waals surface area (Å²) in [6.07, 6.45) is 1.09. The Hall–Kier alpha value is -2.71. The van der Waals surface area contributed by atoms with E-state index >= 15 is 0 Å². The Balaban J connectivity index is 1.54. The predicted molar refractivity (Wildman–Crippen MR) is 132 cm³/mol. The molecule has 4 atom stereocenters. The van der Waals surface area contributed by atoms with Crippen molar-refractivity contribution in [2.45, 2.75) is 50.5 Å². The van der Waals surface area contributed by atoms with Crippen LogP contribution in [0.15, 0.2) is 78.0 Å². The average Bonchev–Trinajstić information content (AvgIpc) is 2.88. The highest BCUT2D eigenvalue weighted by Crippen LogP contribution is 2.42. The third-order valence-corrected chi connectivity index (χ3v) is 6.98. The van der Waals surface area contributed by atoms with E-state index in [2.05, 4.69) is 17.2 Å². The van der Waals surface area contributed by atoms with Crippen LogP contribution in [0.3, 0.4) is 0 Å². The van der Waals surface area contributed by atoms with Gasteiger partial charge in [-0.25, -0.2) is 4.98 Å². The lowest BCUT2D eigenvalue weighted by atomic mass is 9.91. The van der Waals surface area contributed by atoms with E-state index in [1.807, 2.05) is 66.7 Å². The molecule has 4 rings (SSSR count). The van der Waals surface area contributed by atoms with Crippen LogP contribution in [-0.2, 0) is 27.4 Å². The number of amides is 1. The number of hydrogen-bond acceptors (Lipinski definition) is 6. The number of rotatable bonds is 8. The van der Waals surface area contributed by atoms with E-state index in [0.29, 0.717) is 6.54 Å². The number of nitrogens with one attached hydrogen (secondary N) is 1. The second kappa shape index (κ2) is 11.6. The molecule has 1 aliphatic rings. The first-order valence-corrected chi connectivity index (χ1v) is 12.4. The molecule has 1 amide bonds. The van der Waals surface area contributed by atoms with Gasteiger partial charge in [-0.05, 0) is 28.8 Å². The second-order valence-corrected chi connectivity index (χ2v) is 9.49. The molecule has 0 aliphatic carbocycles. The third kappa shape index (κ3) is 6.24. The van der Waals surface area contributed by atoms with Gasteiger partial charge < -0.3 is 19.9 Å². The summed E-state index contributed by atoms with van der Waals surface area (Å²) in [7, 11) is 0.